The van der Waals surface area contributed by atoms with Crippen LogP contribution in [0.1, 0.15) is 50.2 Å². The van der Waals surface area contributed by atoms with Crippen LogP contribution in [0, 0.1) is 11.7 Å². The van der Waals surface area contributed by atoms with Crippen molar-refractivity contribution in [3.05, 3.63) is 97.2 Å². The molecule has 0 saturated heterocycles. The second-order valence-electron chi connectivity index (χ2n) is 10.2. The van der Waals surface area contributed by atoms with E-state index in [0.29, 0.717) is 4.47 Å². The molecule has 0 radical (unpaired) electrons. The minimum absolute atomic E-state index is 0.0167. The highest BCUT2D eigenvalue weighted by molar-refractivity contribution is 9.10. The van der Waals surface area contributed by atoms with Gasteiger partial charge in [0, 0.05) is 33.0 Å². The topological polar surface area (TPSA) is 37.4 Å². The number of ketones is 1. The normalized spacial score (nSPS) is 14.4. The summed E-state index contributed by atoms with van der Waals surface area (Å²) in [6.45, 7) is 0.0537. The van der Waals surface area contributed by atoms with Crippen LogP contribution < -0.4 is 4.90 Å². The molecule has 0 atom stereocenters. The molecule has 0 aromatic heterocycles. The maximum absolute atomic E-state index is 15.8. The third-order valence-corrected chi connectivity index (χ3v) is 8.30. The minimum Gasteiger partial charge on any atom is -0.305 e. The van der Waals surface area contributed by atoms with Gasteiger partial charge in [-0.3, -0.25) is 9.59 Å². The molecule has 0 aliphatic heterocycles. The monoisotopic (exact) mass is 779 g/mol. The smallest absolute Gasteiger partial charge is 0.305 e. The molecule has 0 N–H and O–H groups in total. The van der Waals surface area contributed by atoms with Crippen molar-refractivity contribution in [1.29, 1.82) is 0 Å². The Morgan fingerprint density at radius 2 is 1.40 bits per heavy atom. The first kappa shape index (κ1) is 34.9. The molecule has 242 valence electrons. The molecular weight excluding hydrogens is 763 g/mol. The Kier molecular flexibility index (Phi) is 9.53. The van der Waals surface area contributed by atoms with Crippen molar-refractivity contribution in [2.24, 2.45) is 5.92 Å². The SMILES string of the molecule is O=C(Cc1c(Br)cc(C(F)(C(F)(F)F)C(F)(F)F)cc1C(F)(F)F)c1cccc(N(CC2CC2)C(=O)c2ccc(Br)cc2)c1F. The van der Waals surface area contributed by atoms with Crippen molar-refractivity contribution in [1.82, 2.24) is 0 Å². The van der Waals surface area contributed by atoms with Crippen LogP contribution >= 0.6 is 31.9 Å². The minimum atomic E-state index is -6.70. The van der Waals surface area contributed by atoms with E-state index < -0.39 is 80.9 Å². The van der Waals surface area contributed by atoms with Crippen LogP contribution in [-0.2, 0) is 18.3 Å². The summed E-state index contributed by atoms with van der Waals surface area (Å²) in [5.41, 5.74) is -12.9. The van der Waals surface area contributed by atoms with Crippen molar-refractivity contribution in [3.8, 4) is 0 Å². The number of carbonyl (C=O) groups is 2. The molecule has 0 unspecified atom stereocenters. The van der Waals surface area contributed by atoms with Crippen molar-refractivity contribution in [3.63, 3.8) is 0 Å². The van der Waals surface area contributed by atoms with Crippen molar-refractivity contribution >= 4 is 49.2 Å². The summed E-state index contributed by atoms with van der Waals surface area (Å²) in [5, 5.41) is 0. The number of anilines is 1. The molecule has 1 saturated carbocycles. The van der Waals surface area contributed by atoms with Crippen molar-refractivity contribution < 1.29 is 57.9 Å². The molecule has 1 fully saturated rings. The highest BCUT2D eigenvalue weighted by Crippen LogP contribution is 2.54. The highest BCUT2D eigenvalue weighted by atomic mass is 79.9. The fourth-order valence-corrected chi connectivity index (χ4v) is 5.42. The standard InChI is InChI=1S/C29H18Br2F11NO2/c30-17-8-6-15(7-9-17)25(45)43(13-14-4-5-14)22-3-1-2-18(24(22)32)23(44)12-19-20(27(34,35)36)10-16(11-21(19)31)26(33,28(37,38)39)29(40,41)42/h1-3,6-11,14H,4-5,12-13H2. The van der Waals surface area contributed by atoms with Crippen LogP contribution in [0.5, 0.6) is 0 Å². The summed E-state index contributed by atoms with van der Waals surface area (Å²) in [6.07, 6.45) is -19.0. The van der Waals surface area contributed by atoms with Gasteiger partial charge in [-0.15, -0.1) is 0 Å². The van der Waals surface area contributed by atoms with Crippen LogP contribution in [0.2, 0.25) is 0 Å². The summed E-state index contributed by atoms with van der Waals surface area (Å²) in [7, 11) is 0. The average molecular weight is 781 g/mol. The predicted octanol–water partition coefficient (Wildman–Crippen LogP) is 10.1. The molecule has 16 heteroatoms. The van der Waals surface area contributed by atoms with E-state index in [-0.39, 0.29) is 29.8 Å². The van der Waals surface area contributed by atoms with Gasteiger partial charge in [0.25, 0.3) is 5.91 Å². The lowest BCUT2D eigenvalue weighted by molar-refractivity contribution is -0.348. The molecule has 0 bridgehead atoms. The Balaban J connectivity index is 1.76. The largest absolute Gasteiger partial charge is 0.435 e. The number of amides is 1. The van der Waals surface area contributed by atoms with Gasteiger partial charge in [0.05, 0.1) is 16.8 Å². The zero-order chi connectivity index (χ0) is 33.7. The number of halogens is 13. The van der Waals surface area contributed by atoms with Gasteiger partial charge < -0.3 is 4.90 Å². The van der Waals surface area contributed by atoms with Gasteiger partial charge in [-0.05, 0) is 72.9 Å². The summed E-state index contributed by atoms with van der Waals surface area (Å²) in [6, 6.07) is 8.46. The van der Waals surface area contributed by atoms with E-state index in [1.807, 2.05) is 0 Å². The predicted molar refractivity (Wildman–Crippen MR) is 147 cm³/mol. The van der Waals surface area contributed by atoms with Gasteiger partial charge in [-0.25, -0.2) is 8.78 Å². The van der Waals surface area contributed by atoms with E-state index in [2.05, 4.69) is 31.9 Å². The average Bonchev–Trinajstić information content (AvgIpc) is 3.75. The number of nitrogens with zero attached hydrogens (tertiary/aromatic N) is 1. The van der Waals surface area contributed by atoms with Gasteiger partial charge >= 0.3 is 24.2 Å². The lowest BCUT2D eigenvalue weighted by Gasteiger charge is -2.31. The number of carbonyl (C=O) groups excluding carboxylic acids is 2. The van der Waals surface area contributed by atoms with E-state index in [0.717, 1.165) is 29.9 Å². The fraction of sp³-hybridized carbons (Fsp3) is 0.310. The van der Waals surface area contributed by atoms with E-state index in [4.69, 9.17) is 0 Å². The number of rotatable bonds is 8. The highest BCUT2D eigenvalue weighted by Gasteiger charge is 2.73. The third kappa shape index (κ3) is 7.05. The number of hydrogen-bond acceptors (Lipinski definition) is 2. The molecule has 3 nitrogen and oxygen atoms in total. The van der Waals surface area contributed by atoms with Gasteiger partial charge in [0.2, 0.25) is 0 Å². The van der Waals surface area contributed by atoms with Crippen molar-refractivity contribution in [2.75, 3.05) is 11.4 Å². The Labute approximate surface area is 264 Å². The van der Waals surface area contributed by atoms with E-state index in [1.165, 1.54) is 18.2 Å². The number of alkyl halides is 10. The number of benzene rings is 3. The first-order chi connectivity index (χ1) is 20.7. The summed E-state index contributed by atoms with van der Waals surface area (Å²) in [4.78, 5) is 27.6. The summed E-state index contributed by atoms with van der Waals surface area (Å²) >= 11 is 5.68. The van der Waals surface area contributed by atoms with Crippen LogP contribution in [0.25, 0.3) is 0 Å². The number of hydrogen-bond donors (Lipinski definition) is 0. The molecule has 1 amide bonds. The maximum atomic E-state index is 15.8. The molecule has 1 aliphatic rings. The quantitative estimate of drug-likeness (QED) is 0.169. The summed E-state index contributed by atoms with van der Waals surface area (Å²) in [5.74, 6) is -3.26. The van der Waals surface area contributed by atoms with Gasteiger partial charge in [0.1, 0.15) is 0 Å². The molecule has 45 heavy (non-hydrogen) atoms. The Hall–Kier alpha value is -3.01. The molecule has 0 spiro atoms. The molecule has 0 heterocycles. The Morgan fingerprint density at radius 3 is 1.91 bits per heavy atom. The Bertz CT molecular complexity index is 1600. The van der Waals surface area contributed by atoms with Crippen molar-refractivity contribution in [2.45, 2.75) is 43.5 Å². The zero-order valence-corrected chi connectivity index (χ0v) is 25.5. The molecular formula is C29H18Br2F11NO2. The summed E-state index contributed by atoms with van der Waals surface area (Å²) < 4.78 is 152. The molecule has 3 aromatic rings. The van der Waals surface area contributed by atoms with Crippen LogP contribution in [0.15, 0.2) is 63.5 Å². The van der Waals surface area contributed by atoms with Crippen LogP contribution in [-0.4, -0.2) is 30.6 Å². The first-order valence-electron chi connectivity index (χ1n) is 12.8. The van der Waals surface area contributed by atoms with Gasteiger partial charge in [0.15, 0.2) is 11.6 Å². The molecule has 3 aromatic carbocycles. The van der Waals surface area contributed by atoms with Crippen LogP contribution in [0.4, 0.5) is 54.0 Å². The lowest BCUT2D eigenvalue weighted by Crippen LogP contribution is -2.50. The number of Topliss-reactive ketones (excluding diaryl/α,β-unsaturated/α-hetero) is 1. The lowest BCUT2D eigenvalue weighted by atomic mass is 9.89. The second-order valence-corrected chi connectivity index (χ2v) is 12.0. The molecule has 4 rings (SSSR count). The second kappa shape index (κ2) is 12.3. The van der Waals surface area contributed by atoms with E-state index in [9.17, 15) is 53.5 Å². The maximum Gasteiger partial charge on any atom is 0.435 e. The Morgan fingerprint density at radius 1 is 0.822 bits per heavy atom. The van der Waals surface area contributed by atoms with E-state index >= 15 is 4.39 Å². The first-order valence-corrected chi connectivity index (χ1v) is 14.4. The third-order valence-electron chi connectivity index (χ3n) is 7.06. The molecule has 1 aliphatic carbocycles. The van der Waals surface area contributed by atoms with Gasteiger partial charge in [-0.1, -0.05) is 37.9 Å². The van der Waals surface area contributed by atoms with Crippen LogP contribution in [0.3, 0.4) is 0 Å². The van der Waals surface area contributed by atoms with E-state index in [1.54, 1.807) is 12.1 Å². The van der Waals surface area contributed by atoms with Gasteiger partial charge in [-0.2, -0.15) is 39.5 Å². The fourth-order valence-electron chi connectivity index (χ4n) is 4.55. The zero-order valence-electron chi connectivity index (χ0n) is 22.3.